The second-order valence-corrected chi connectivity index (χ2v) is 7.71. The standard InChI is InChI=1S/C21H19ClF3N3O4/c1-20(28-18(30)12-31-16-5-3-14(22)4-6-16)8-15(9-20)27-17(29)11-32-19-7-2-13(10-26-19)21(23,24)25/h2-8,10H,9,11-12H2,1H3,(H,27,29)(H,28,30). The third kappa shape index (κ3) is 6.61. The second-order valence-electron chi connectivity index (χ2n) is 7.27. The van der Waals surface area contributed by atoms with Gasteiger partial charge in [-0.25, -0.2) is 4.98 Å². The van der Waals surface area contributed by atoms with Crippen molar-refractivity contribution in [3.63, 3.8) is 0 Å². The van der Waals surface area contributed by atoms with Crippen LogP contribution in [0.4, 0.5) is 13.2 Å². The SMILES string of the molecule is CC1(NC(=O)COc2ccc(Cl)cc2)C=C(NC(=O)COc2ccc(C(F)(F)F)cn2)C1. The van der Waals surface area contributed by atoms with Gasteiger partial charge < -0.3 is 20.1 Å². The largest absolute Gasteiger partial charge is 0.484 e. The van der Waals surface area contributed by atoms with Crippen LogP contribution in [0, 0.1) is 0 Å². The van der Waals surface area contributed by atoms with Crippen LogP contribution in [-0.2, 0) is 15.8 Å². The minimum absolute atomic E-state index is 0.103. The first-order valence-electron chi connectivity index (χ1n) is 9.39. The molecule has 170 valence electrons. The molecule has 1 aromatic carbocycles. The number of nitrogens with one attached hydrogen (secondary N) is 2. The van der Waals surface area contributed by atoms with E-state index in [2.05, 4.69) is 15.6 Å². The van der Waals surface area contributed by atoms with E-state index in [0.29, 0.717) is 29.1 Å². The Morgan fingerprint density at radius 2 is 1.75 bits per heavy atom. The number of aromatic nitrogens is 1. The van der Waals surface area contributed by atoms with Crippen LogP contribution >= 0.6 is 11.6 Å². The summed E-state index contributed by atoms with van der Waals surface area (Å²) in [6.07, 6.45) is -1.80. The highest BCUT2D eigenvalue weighted by Crippen LogP contribution is 2.29. The van der Waals surface area contributed by atoms with Crippen molar-refractivity contribution in [1.29, 1.82) is 0 Å². The first kappa shape index (κ1) is 23.4. The molecular weight excluding hydrogens is 451 g/mol. The smallest absolute Gasteiger partial charge is 0.417 e. The van der Waals surface area contributed by atoms with E-state index in [1.165, 1.54) is 0 Å². The molecule has 0 fully saturated rings. The average Bonchev–Trinajstić information content (AvgIpc) is 2.70. The van der Waals surface area contributed by atoms with Gasteiger partial charge in [0.1, 0.15) is 5.75 Å². The molecule has 0 bridgehead atoms. The van der Waals surface area contributed by atoms with Crippen molar-refractivity contribution < 1.29 is 32.2 Å². The fraction of sp³-hybridized carbons (Fsp3) is 0.286. The van der Waals surface area contributed by atoms with Gasteiger partial charge in [0.2, 0.25) is 5.88 Å². The summed E-state index contributed by atoms with van der Waals surface area (Å²) < 4.78 is 48.0. The molecule has 1 atom stereocenters. The van der Waals surface area contributed by atoms with E-state index >= 15 is 0 Å². The number of ether oxygens (including phenoxy) is 2. The van der Waals surface area contributed by atoms with Crippen LogP contribution in [0.2, 0.25) is 5.02 Å². The van der Waals surface area contributed by atoms with E-state index in [1.54, 1.807) is 37.3 Å². The number of halogens is 4. The number of alkyl halides is 3. The zero-order valence-electron chi connectivity index (χ0n) is 16.8. The minimum Gasteiger partial charge on any atom is -0.484 e. The Kier molecular flexibility index (Phi) is 6.93. The zero-order chi connectivity index (χ0) is 23.4. The van der Waals surface area contributed by atoms with Crippen molar-refractivity contribution in [1.82, 2.24) is 15.6 Å². The van der Waals surface area contributed by atoms with Gasteiger partial charge in [0.25, 0.3) is 11.8 Å². The minimum atomic E-state index is -4.50. The number of hydrogen-bond donors (Lipinski definition) is 2. The quantitative estimate of drug-likeness (QED) is 0.618. The molecule has 2 amide bonds. The first-order chi connectivity index (χ1) is 15.0. The predicted molar refractivity (Wildman–Crippen MR) is 109 cm³/mol. The van der Waals surface area contributed by atoms with Crippen molar-refractivity contribution in [3.05, 3.63) is 65.0 Å². The maximum atomic E-state index is 12.5. The topological polar surface area (TPSA) is 89.6 Å². The number of amides is 2. The van der Waals surface area contributed by atoms with Crippen LogP contribution in [0.25, 0.3) is 0 Å². The molecule has 1 aromatic heterocycles. The number of hydrogen-bond acceptors (Lipinski definition) is 5. The van der Waals surface area contributed by atoms with Crippen LogP contribution in [0.5, 0.6) is 11.6 Å². The summed E-state index contributed by atoms with van der Waals surface area (Å²) in [4.78, 5) is 27.6. The molecule has 1 aliphatic carbocycles. The molecule has 0 saturated heterocycles. The molecule has 11 heteroatoms. The summed E-state index contributed by atoms with van der Waals surface area (Å²) in [7, 11) is 0. The Labute approximate surface area is 186 Å². The monoisotopic (exact) mass is 469 g/mol. The van der Waals surface area contributed by atoms with Crippen molar-refractivity contribution in [3.8, 4) is 11.6 Å². The van der Waals surface area contributed by atoms with Crippen molar-refractivity contribution in [2.75, 3.05) is 13.2 Å². The number of rotatable bonds is 8. The lowest BCUT2D eigenvalue weighted by Crippen LogP contribution is -2.53. The average molecular weight is 470 g/mol. The number of carbonyl (C=O) groups excluding carboxylic acids is 2. The van der Waals surface area contributed by atoms with Crippen molar-refractivity contribution in [2.24, 2.45) is 0 Å². The predicted octanol–water partition coefficient (Wildman–Crippen LogP) is 3.49. The highest BCUT2D eigenvalue weighted by atomic mass is 35.5. The maximum Gasteiger partial charge on any atom is 0.417 e. The molecular formula is C21H19ClF3N3O4. The fourth-order valence-electron chi connectivity index (χ4n) is 2.93. The Bertz CT molecular complexity index is 1010. The fourth-order valence-corrected chi connectivity index (χ4v) is 3.06. The van der Waals surface area contributed by atoms with Crippen molar-refractivity contribution in [2.45, 2.75) is 25.1 Å². The number of carbonyl (C=O) groups is 2. The third-order valence-electron chi connectivity index (χ3n) is 4.37. The van der Waals surface area contributed by atoms with Crippen LogP contribution in [0.3, 0.4) is 0 Å². The Morgan fingerprint density at radius 3 is 2.34 bits per heavy atom. The van der Waals surface area contributed by atoms with E-state index in [0.717, 1.165) is 12.1 Å². The highest BCUT2D eigenvalue weighted by Gasteiger charge is 2.34. The number of pyridine rings is 1. The molecule has 2 N–H and O–H groups in total. The maximum absolute atomic E-state index is 12.5. The normalized spacial score (nSPS) is 17.6. The van der Waals surface area contributed by atoms with E-state index < -0.39 is 29.8 Å². The van der Waals surface area contributed by atoms with Gasteiger partial charge in [-0.05, 0) is 43.3 Å². The molecule has 7 nitrogen and oxygen atoms in total. The molecule has 2 aromatic rings. The number of nitrogens with zero attached hydrogens (tertiary/aromatic N) is 1. The van der Waals surface area contributed by atoms with Gasteiger partial charge in [0.05, 0.1) is 11.1 Å². The lowest BCUT2D eigenvalue weighted by molar-refractivity contribution is -0.138. The van der Waals surface area contributed by atoms with Crippen molar-refractivity contribution >= 4 is 23.4 Å². The summed E-state index contributed by atoms with van der Waals surface area (Å²) in [5.41, 5.74) is -0.965. The van der Waals surface area contributed by atoms with E-state index in [-0.39, 0.29) is 18.4 Å². The third-order valence-corrected chi connectivity index (χ3v) is 4.63. The summed E-state index contributed by atoms with van der Waals surface area (Å²) in [5.74, 6) is -0.430. The summed E-state index contributed by atoms with van der Waals surface area (Å²) in [6, 6.07) is 8.46. The van der Waals surface area contributed by atoms with Gasteiger partial charge in [-0.1, -0.05) is 11.6 Å². The van der Waals surface area contributed by atoms with Crippen LogP contribution in [0.1, 0.15) is 18.9 Å². The Balaban J connectivity index is 1.40. The molecule has 32 heavy (non-hydrogen) atoms. The van der Waals surface area contributed by atoms with E-state index in [1.807, 2.05) is 0 Å². The molecule has 1 heterocycles. The van der Waals surface area contributed by atoms with Gasteiger partial charge >= 0.3 is 6.18 Å². The first-order valence-corrected chi connectivity index (χ1v) is 9.77. The number of benzene rings is 1. The molecule has 3 rings (SSSR count). The summed E-state index contributed by atoms with van der Waals surface area (Å²) >= 11 is 5.79. The molecule has 1 aliphatic rings. The lowest BCUT2D eigenvalue weighted by atomic mass is 9.84. The van der Waals surface area contributed by atoms with Crippen LogP contribution < -0.4 is 20.1 Å². The zero-order valence-corrected chi connectivity index (χ0v) is 17.6. The van der Waals surface area contributed by atoms with E-state index in [9.17, 15) is 22.8 Å². The molecule has 0 saturated carbocycles. The summed E-state index contributed by atoms with van der Waals surface area (Å²) in [6.45, 7) is 1.18. The second kappa shape index (κ2) is 9.47. The van der Waals surface area contributed by atoms with Gasteiger partial charge in [0.15, 0.2) is 13.2 Å². The Morgan fingerprint density at radius 1 is 1.09 bits per heavy atom. The Hall–Kier alpha value is -3.27. The lowest BCUT2D eigenvalue weighted by Gasteiger charge is -2.37. The van der Waals surface area contributed by atoms with Gasteiger partial charge in [-0.15, -0.1) is 0 Å². The van der Waals surface area contributed by atoms with Crippen LogP contribution in [0.15, 0.2) is 54.4 Å². The van der Waals surface area contributed by atoms with E-state index in [4.69, 9.17) is 21.1 Å². The summed E-state index contributed by atoms with van der Waals surface area (Å²) in [5, 5.41) is 5.97. The molecule has 0 spiro atoms. The van der Waals surface area contributed by atoms with Gasteiger partial charge in [-0.2, -0.15) is 13.2 Å². The highest BCUT2D eigenvalue weighted by molar-refractivity contribution is 6.30. The van der Waals surface area contributed by atoms with Crippen LogP contribution in [-0.4, -0.2) is 35.6 Å². The van der Waals surface area contributed by atoms with Gasteiger partial charge in [-0.3, -0.25) is 9.59 Å². The molecule has 1 unspecified atom stereocenters. The molecule has 0 radical (unpaired) electrons. The van der Waals surface area contributed by atoms with Gasteiger partial charge in [0, 0.05) is 29.4 Å². The molecule has 0 aliphatic heterocycles.